The Balaban J connectivity index is 5.44. The Hall–Kier alpha value is -5.06. The first-order valence-electron chi connectivity index (χ1n) is 42.1. The van der Waals surface area contributed by atoms with Gasteiger partial charge in [-0.25, -0.2) is 9.13 Å². The number of carbonyl (C=O) groups excluding carboxylic acids is 4. The van der Waals surface area contributed by atoms with E-state index in [1.807, 2.05) is 0 Å². The van der Waals surface area contributed by atoms with Crippen LogP contribution in [0.5, 0.6) is 0 Å². The third-order valence-electron chi connectivity index (χ3n) is 17.3. The number of hydrogen-bond donors (Lipinski definition) is 3. The second-order valence-corrected chi connectivity index (χ2v) is 30.6. The van der Waals surface area contributed by atoms with Gasteiger partial charge in [0, 0.05) is 25.7 Å². The molecule has 3 N–H and O–H groups in total. The Bertz CT molecular complexity index is 2610. The van der Waals surface area contributed by atoms with Crippen LogP contribution in [0.3, 0.4) is 0 Å². The van der Waals surface area contributed by atoms with Crippen molar-refractivity contribution in [1.29, 1.82) is 0 Å². The SMILES string of the molecule is CC/C=C\C/C=C\C/C=C\C/C=C\C/C=C\CCCCCC(=O)OCC(COP(=O)(O)OCC(O)COP(=O)(O)OCC(COC(=O)CCCCCCC/C=C\C/C=C\CCCCC)OC(=O)CCCCCCC/C=C\CCCCCCCC)OC(=O)CCCCCCCC/C=C\C/C=C\C/C=C\C/C=C\CC. The molecule has 19 heteroatoms. The third kappa shape index (κ3) is 79.0. The number of aliphatic hydroxyl groups excluding tert-OH is 1. The fourth-order valence-electron chi connectivity index (χ4n) is 10.9. The zero-order valence-corrected chi connectivity index (χ0v) is 69.5. The number of phosphoric acid groups is 2. The number of esters is 4. The van der Waals surface area contributed by atoms with E-state index in [2.05, 4.69) is 174 Å². The molecule has 0 aromatic rings. The standard InChI is InChI=1S/C89H150O17P2/c1-5-9-13-17-21-25-29-33-37-39-41-43-47-50-54-58-62-66-70-74-87(92)100-80-85(106-89(94)76-72-68-64-60-56-52-48-44-42-40-38-34-30-26-22-18-14-10-6-2)82-104-108(97,98)102-78-83(90)77-101-107(95,96)103-81-84(105-88(93)75-71-67-63-59-55-51-46-36-32-28-24-20-16-12-8-4)79-99-86(91)73-69-65-61-57-53-49-45-35-31-27-23-19-15-11-7-3/h9-10,13-14,21-23,25-27,33-38,41-46,50,54,83-85,90H,5-8,11-12,15-20,24,28-32,39-40,47-49,51-53,55-82H2,1-4H3,(H,95,96)(H,97,98)/b13-9-,14-10-,25-21-,26-22-,27-23-,37-33-,38-34-,43-41-,44-42-,45-35-,46-36-,54-50-. The maximum Gasteiger partial charge on any atom is 0.472 e. The van der Waals surface area contributed by atoms with Crippen LogP contribution in [0, 0.1) is 0 Å². The lowest BCUT2D eigenvalue weighted by Gasteiger charge is -2.21. The first-order chi connectivity index (χ1) is 52.7. The van der Waals surface area contributed by atoms with Crippen LogP contribution in [0.15, 0.2) is 146 Å². The molecule has 0 bridgehead atoms. The molecule has 0 aromatic carbocycles. The minimum Gasteiger partial charge on any atom is -0.462 e. The first-order valence-corrected chi connectivity index (χ1v) is 45.1. The largest absolute Gasteiger partial charge is 0.472 e. The molecule has 5 unspecified atom stereocenters. The van der Waals surface area contributed by atoms with E-state index in [1.165, 1.54) is 57.8 Å². The maximum atomic E-state index is 13.1. The van der Waals surface area contributed by atoms with Gasteiger partial charge in [-0.3, -0.25) is 37.3 Å². The van der Waals surface area contributed by atoms with E-state index in [-0.39, 0.29) is 25.7 Å². The molecule has 0 amide bonds. The van der Waals surface area contributed by atoms with E-state index < -0.39 is 97.5 Å². The van der Waals surface area contributed by atoms with Crippen molar-refractivity contribution in [2.75, 3.05) is 39.6 Å². The Kier molecular flexibility index (Phi) is 76.3. The lowest BCUT2D eigenvalue weighted by molar-refractivity contribution is -0.161. The summed E-state index contributed by atoms with van der Waals surface area (Å²) in [5.41, 5.74) is 0. The Morgan fingerprint density at radius 2 is 0.481 bits per heavy atom. The van der Waals surface area contributed by atoms with Gasteiger partial charge in [0.05, 0.1) is 26.4 Å². The van der Waals surface area contributed by atoms with Crippen LogP contribution >= 0.6 is 15.6 Å². The highest BCUT2D eigenvalue weighted by Crippen LogP contribution is 2.45. The van der Waals surface area contributed by atoms with Gasteiger partial charge in [-0.1, -0.05) is 289 Å². The molecular weight excluding hydrogens is 1400 g/mol. The topological polar surface area (TPSA) is 237 Å². The van der Waals surface area contributed by atoms with Crippen LogP contribution < -0.4 is 0 Å². The van der Waals surface area contributed by atoms with Crippen LogP contribution in [0.25, 0.3) is 0 Å². The summed E-state index contributed by atoms with van der Waals surface area (Å²) < 4.78 is 68.7. The average Bonchev–Trinajstić information content (AvgIpc) is 0.896. The van der Waals surface area contributed by atoms with Gasteiger partial charge in [-0.2, -0.15) is 0 Å². The van der Waals surface area contributed by atoms with Gasteiger partial charge < -0.3 is 33.8 Å². The summed E-state index contributed by atoms with van der Waals surface area (Å²) in [5.74, 6) is -2.25. The molecule has 618 valence electrons. The van der Waals surface area contributed by atoms with Crippen LogP contribution in [0.1, 0.15) is 336 Å². The third-order valence-corrected chi connectivity index (χ3v) is 19.2. The van der Waals surface area contributed by atoms with Crippen molar-refractivity contribution >= 4 is 39.5 Å². The predicted octanol–water partition coefficient (Wildman–Crippen LogP) is 25.0. The number of rotatable bonds is 78. The molecule has 108 heavy (non-hydrogen) atoms. The molecular formula is C89H150O17P2. The van der Waals surface area contributed by atoms with Crippen LogP contribution in [0.4, 0.5) is 0 Å². The number of carbonyl (C=O) groups is 4. The Labute approximate surface area is 656 Å². The van der Waals surface area contributed by atoms with Gasteiger partial charge in [0.25, 0.3) is 0 Å². The molecule has 0 rings (SSSR count). The van der Waals surface area contributed by atoms with Crippen molar-refractivity contribution in [3.63, 3.8) is 0 Å². The quantitative estimate of drug-likeness (QED) is 0.0169. The van der Waals surface area contributed by atoms with Gasteiger partial charge >= 0.3 is 39.5 Å². The van der Waals surface area contributed by atoms with E-state index in [0.29, 0.717) is 25.7 Å². The molecule has 0 aromatic heterocycles. The van der Waals surface area contributed by atoms with E-state index in [4.69, 9.17) is 37.0 Å². The zero-order valence-electron chi connectivity index (χ0n) is 67.7. The molecule has 0 aliphatic heterocycles. The molecule has 0 heterocycles. The molecule has 0 radical (unpaired) electrons. The van der Waals surface area contributed by atoms with Crippen molar-refractivity contribution in [3.05, 3.63) is 146 Å². The molecule has 0 aliphatic carbocycles. The van der Waals surface area contributed by atoms with Gasteiger partial charge in [0.2, 0.25) is 0 Å². The van der Waals surface area contributed by atoms with E-state index >= 15 is 0 Å². The molecule has 0 saturated heterocycles. The maximum absolute atomic E-state index is 13.1. The summed E-state index contributed by atoms with van der Waals surface area (Å²) in [6.07, 6.45) is 92.3. The highest BCUT2D eigenvalue weighted by atomic mass is 31.2. The normalized spacial score (nSPS) is 14.5. The fraction of sp³-hybridized carbons (Fsp3) is 0.685. The van der Waals surface area contributed by atoms with Crippen LogP contribution in [-0.2, 0) is 65.4 Å². The highest BCUT2D eigenvalue weighted by molar-refractivity contribution is 7.47. The monoisotopic (exact) mass is 1550 g/mol. The molecule has 0 fully saturated rings. The lowest BCUT2D eigenvalue weighted by Crippen LogP contribution is -2.30. The highest BCUT2D eigenvalue weighted by Gasteiger charge is 2.30. The summed E-state index contributed by atoms with van der Waals surface area (Å²) >= 11 is 0. The molecule has 0 saturated carbocycles. The second-order valence-electron chi connectivity index (χ2n) is 27.6. The van der Waals surface area contributed by atoms with Crippen LogP contribution in [0.2, 0.25) is 0 Å². The molecule has 17 nitrogen and oxygen atoms in total. The lowest BCUT2D eigenvalue weighted by atomic mass is 10.1. The first kappa shape index (κ1) is 103. The predicted molar refractivity (Wildman–Crippen MR) is 445 cm³/mol. The van der Waals surface area contributed by atoms with Crippen molar-refractivity contribution in [1.82, 2.24) is 0 Å². The van der Waals surface area contributed by atoms with Crippen molar-refractivity contribution < 1.29 is 80.2 Å². The Morgan fingerprint density at radius 1 is 0.269 bits per heavy atom. The summed E-state index contributed by atoms with van der Waals surface area (Å²) in [6, 6.07) is 0. The molecule has 0 aliphatic rings. The number of aliphatic hydroxyl groups is 1. The van der Waals surface area contributed by atoms with E-state index in [1.54, 1.807) is 0 Å². The number of unbranched alkanes of at least 4 members (excludes halogenated alkanes) is 28. The Morgan fingerprint density at radius 3 is 0.778 bits per heavy atom. The van der Waals surface area contributed by atoms with Crippen molar-refractivity contribution in [2.45, 2.75) is 354 Å². The van der Waals surface area contributed by atoms with Crippen molar-refractivity contribution in [3.8, 4) is 0 Å². The van der Waals surface area contributed by atoms with Crippen LogP contribution in [-0.4, -0.2) is 96.7 Å². The minimum atomic E-state index is -5.00. The minimum absolute atomic E-state index is 0.0663. The van der Waals surface area contributed by atoms with Crippen molar-refractivity contribution in [2.24, 2.45) is 0 Å². The second kappa shape index (κ2) is 80.0. The smallest absolute Gasteiger partial charge is 0.462 e. The van der Waals surface area contributed by atoms with E-state index in [9.17, 15) is 43.2 Å². The van der Waals surface area contributed by atoms with Gasteiger partial charge in [-0.05, 0) is 167 Å². The fourth-order valence-corrected chi connectivity index (χ4v) is 12.5. The molecule has 5 atom stereocenters. The summed E-state index contributed by atoms with van der Waals surface area (Å²) in [5, 5.41) is 10.7. The van der Waals surface area contributed by atoms with Gasteiger partial charge in [0.1, 0.15) is 19.3 Å². The number of allylic oxidation sites excluding steroid dienone is 24. The van der Waals surface area contributed by atoms with Gasteiger partial charge in [-0.15, -0.1) is 0 Å². The number of hydrogen-bond acceptors (Lipinski definition) is 15. The van der Waals surface area contributed by atoms with Gasteiger partial charge in [0.15, 0.2) is 12.2 Å². The van der Waals surface area contributed by atoms with E-state index in [0.717, 1.165) is 199 Å². The number of phosphoric ester groups is 2. The summed E-state index contributed by atoms with van der Waals surface area (Å²) in [6.45, 7) is 4.57. The summed E-state index contributed by atoms with van der Waals surface area (Å²) in [7, 11) is -9.99. The summed E-state index contributed by atoms with van der Waals surface area (Å²) in [4.78, 5) is 73.2. The zero-order chi connectivity index (χ0) is 78.9. The number of ether oxygens (including phenoxy) is 4. The molecule has 0 spiro atoms. The average molecular weight is 1550 g/mol.